The maximum atomic E-state index is 13.5. The molecule has 1 aromatic heterocycles. The Morgan fingerprint density at radius 2 is 2.00 bits per heavy atom. The molecular formula is C16H16F2N2O. The highest BCUT2D eigenvalue weighted by molar-refractivity contribution is 5.95. The van der Waals surface area contributed by atoms with Crippen LogP contribution in [0.5, 0.6) is 0 Å². The fraction of sp³-hybridized carbons (Fsp3) is 0.312. The van der Waals surface area contributed by atoms with Crippen LogP contribution >= 0.6 is 0 Å². The molecule has 5 heteroatoms. The van der Waals surface area contributed by atoms with Gasteiger partial charge in [0.1, 0.15) is 0 Å². The first kappa shape index (κ1) is 13.8. The number of hydrogen-bond acceptors (Lipinski definition) is 1. The molecule has 3 nitrogen and oxygen atoms in total. The summed E-state index contributed by atoms with van der Waals surface area (Å²) in [5, 5.41) is 0. The number of halogens is 2. The summed E-state index contributed by atoms with van der Waals surface area (Å²) in [6, 6.07) is 5.42. The molecule has 0 spiro atoms. The van der Waals surface area contributed by atoms with Crippen molar-refractivity contribution in [2.75, 3.05) is 0 Å². The summed E-state index contributed by atoms with van der Waals surface area (Å²) in [5.74, 6) is -1.71. The van der Waals surface area contributed by atoms with Crippen LogP contribution in [0.3, 0.4) is 0 Å². The van der Waals surface area contributed by atoms with Crippen molar-refractivity contribution < 1.29 is 13.6 Å². The highest BCUT2D eigenvalue weighted by Crippen LogP contribution is 2.35. The summed E-state index contributed by atoms with van der Waals surface area (Å²) in [5.41, 5.74) is 7.84. The lowest BCUT2D eigenvalue weighted by molar-refractivity contribution is 0.0999. The largest absolute Gasteiger partial charge is 0.366 e. The average molecular weight is 290 g/mol. The second kappa shape index (κ2) is 4.98. The number of rotatable bonds is 4. The molecule has 1 amide bonds. The predicted octanol–water partition coefficient (Wildman–Crippen LogP) is 3.25. The van der Waals surface area contributed by atoms with E-state index in [1.807, 2.05) is 11.5 Å². The van der Waals surface area contributed by atoms with Gasteiger partial charge in [-0.15, -0.1) is 0 Å². The topological polar surface area (TPSA) is 48.0 Å². The van der Waals surface area contributed by atoms with Gasteiger partial charge in [0, 0.05) is 23.5 Å². The van der Waals surface area contributed by atoms with Crippen molar-refractivity contribution in [2.45, 2.75) is 26.3 Å². The summed E-state index contributed by atoms with van der Waals surface area (Å²) in [6.07, 6.45) is 2.31. The molecule has 2 N–H and O–H groups in total. The molecule has 1 fully saturated rings. The molecular weight excluding hydrogens is 274 g/mol. The molecule has 1 heterocycles. The van der Waals surface area contributed by atoms with Crippen LogP contribution < -0.4 is 5.73 Å². The molecule has 0 aliphatic heterocycles. The van der Waals surface area contributed by atoms with Gasteiger partial charge >= 0.3 is 0 Å². The molecule has 1 aliphatic rings. The summed E-state index contributed by atoms with van der Waals surface area (Å²) < 4.78 is 28.5. The van der Waals surface area contributed by atoms with Crippen LogP contribution in [-0.2, 0) is 6.54 Å². The number of amides is 1. The molecule has 0 unspecified atom stereocenters. The van der Waals surface area contributed by atoms with Gasteiger partial charge in [-0.05, 0) is 49.9 Å². The standard InChI is InChI=1S/C16H16F2N2O/c1-9-12(16(19)21)7-15(20(9)8-10-2-3-10)11-4-5-13(17)14(18)6-11/h4-7,10H,2-3,8H2,1H3,(H2,19,21). The number of hydrogen-bond donors (Lipinski definition) is 1. The smallest absolute Gasteiger partial charge is 0.250 e. The number of nitrogens with zero attached hydrogens (tertiary/aromatic N) is 1. The third-order valence-corrected chi connectivity index (χ3v) is 3.99. The van der Waals surface area contributed by atoms with Gasteiger partial charge in [0.15, 0.2) is 11.6 Å². The minimum atomic E-state index is -0.898. The van der Waals surface area contributed by atoms with Gasteiger partial charge in [0.05, 0.1) is 5.56 Å². The Labute approximate surface area is 121 Å². The van der Waals surface area contributed by atoms with Crippen LogP contribution in [0.15, 0.2) is 24.3 Å². The van der Waals surface area contributed by atoms with Gasteiger partial charge in [0.2, 0.25) is 0 Å². The molecule has 0 radical (unpaired) electrons. The van der Waals surface area contributed by atoms with Gasteiger partial charge in [-0.1, -0.05) is 0 Å². The fourth-order valence-corrected chi connectivity index (χ4v) is 2.58. The minimum absolute atomic E-state index is 0.426. The van der Waals surface area contributed by atoms with Crippen molar-refractivity contribution in [1.82, 2.24) is 4.57 Å². The Kier molecular flexibility index (Phi) is 3.27. The lowest BCUT2D eigenvalue weighted by atomic mass is 10.1. The Balaban J connectivity index is 2.12. The van der Waals surface area contributed by atoms with Crippen molar-refractivity contribution in [1.29, 1.82) is 0 Å². The lowest BCUT2D eigenvalue weighted by Gasteiger charge is -2.11. The van der Waals surface area contributed by atoms with Crippen LogP contribution in [0, 0.1) is 24.5 Å². The fourth-order valence-electron chi connectivity index (χ4n) is 2.58. The van der Waals surface area contributed by atoms with Crippen molar-refractivity contribution in [3.8, 4) is 11.3 Å². The second-order valence-electron chi connectivity index (χ2n) is 5.58. The van der Waals surface area contributed by atoms with Gasteiger partial charge in [-0.25, -0.2) is 8.78 Å². The zero-order valence-corrected chi connectivity index (χ0v) is 11.7. The van der Waals surface area contributed by atoms with E-state index in [0.717, 1.165) is 37.2 Å². The first-order chi connectivity index (χ1) is 9.97. The first-order valence-electron chi connectivity index (χ1n) is 6.92. The van der Waals surface area contributed by atoms with E-state index in [-0.39, 0.29) is 0 Å². The van der Waals surface area contributed by atoms with Crippen molar-refractivity contribution in [3.05, 3.63) is 47.2 Å². The predicted molar refractivity (Wildman–Crippen MR) is 75.8 cm³/mol. The molecule has 0 atom stereocenters. The molecule has 0 saturated heterocycles. The first-order valence-corrected chi connectivity index (χ1v) is 6.92. The number of primary amides is 1. The van der Waals surface area contributed by atoms with E-state index in [2.05, 4.69) is 0 Å². The maximum Gasteiger partial charge on any atom is 0.250 e. The SMILES string of the molecule is Cc1c(C(N)=O)cc(-c2ccc(F)c(F)c2)n1CC1CC1. The number of carbonyl (C=O) groups excluding carboxylic acids is 1. The minimum Gasteiger partial charge on any atom is -0.366 e. The number of aromatic nitrogens is 1. The van der Waals surface area contributed by atoms with E-state index in [1.165, 1.54) is 6.07 Å². The molecule has 0 bridgehead atoms. The van der Waals surface area contributed by atoms with Gasteiger partial charge in [-0.2, -0.15) is 0 Å². The summed E-state index contributed by atoms with van der Waals surface area (Å²) in [7, 11) is 0. The molecule has 21 heavy (non-hydrogen) atoms. The molecule has 110 valence electrons. The average Bonchev–Trinajstić information content (AvgIpc) is 3.18. The zero-order chi connectivity index (χ0) is 15.1. The normalized spacial score (nSPS) is 14.4. The summed E-state index contributed by atoms with van der Waals surface area (Å²) in [6.45, 7) is 2.60. The van der Waals surface area contributed by atoms with E-state index in [1.54, 1.807) is 6.07 Å². The van der Waals surface area contributed by atoms with E-state index >= 15 is 0 Å². The number of benzene rings is 1. The summed E-state index contributed by atoms with van der Waals surface area (Å²) >= 11 is 0. The van der Waals surface area contributed by atoms with Gasteiger partial charge < -0.3 is 10.3 Å². The van der Waals surface area contributed by atoms with Crippen LogP contribution in [0.2, 0.25) is 0 Å². The number of nitrogens with two attached hydrogens (primary N) is 1. The van der Waals surface area contributed by atoms with Crippen LogP contribution in [-0.4, -0.2) is 10.5 Å². The van der Waals surface area contributed by atoms with E-state index in [0.29, 0.717) is 22.7 Å². The van der Waals surface area contributed by atoms with E-state index in [4.69, 9.17) is 5.73 Å². The Morgan fingerprint density at radius 1 is 1.29 bits per heavy atom. The Bertz CT molecular complexity index is 717. The second-order valence-corrected chi connectivity index (χ2v) is 5.58. The Hall–Kier alpha value is -2.17. The molecule has 1 aromatic carbocycles. The highest BCUT2D eigenvalue weighted by Gasteiger charge is 2.25. The van der Waals surface area contributed by atoms with E-state index < -0.39 is 17.5 Å². The molecule has 1 aliphatic carbocycles. The van der Waals surface area contributed by atoms with Crippen LogP contribution in [0.1, 0.15) is 28.9 Å². The number of carbonyl (C=O) groups is 1. The van der Waals surface area contributed by atoms with Crippen LogP contribution in [0.4, 0.5) is 8.78 Å². The summed E-state index contributed by atoms with van der Waals surface area (Å²) in [4.78, 5) is 11.5. The highest BCUT2D eigenvalue weighted by atomic mass is 19.2. The lowest BCUT2D eigenvalue weighted by Crippen LogP contribution is -2.12. The Morgan fingerprint density at radius 3 is 2.57 bits per heavy atom. The van der Waals surface area contributed by atoms with Crippen molar-refractivity contribution in [2.24, 2.45) is 11.7 Å². The third-order valence-electron chi connectivity index (χ3n) is 3.99. The zero-order valence-electron chi connectivity index (χ0n) is 11.7. The quantitative estimate of drug-likeness (QED) is 0.923. The van der Waals surface area contributed by atoms with Gasteiger partial charge in [0.25, 0.3) is 5.91 Å². The molecule has 3 rings (SSSR count). The van der Waals surface area contributed by atoms with E-state index in [9.17, 15) is 13.6 Å². The van der Waals surface area contributed by atoms with Crippen molar-refractivity contribution in [3.63, 3.8) is 0 Å². The monoisotopic (exact) mass is 290 g/mol. The molecule has 1 saturated carbocycles. The van der Waals surface area contributed by atoms with Crippen LogP contribution in [0.25, 0.3) is 11.3 Å². The van der Waals surface area contributed by atoms with Gasteiger partial charge in [-0.3, -0.25) is 4.79 Å². The molecule has 2 aromatic rings. The maximum absolute atomic E-state index is 13.5. The third kappa shape index (κ3) is 2.55. The van der Waals surface area contributed by atoms with Crippen molar-refractivity contribution >= 4 is 5.91 Å².